The van der Waals surface area contributed by atoms with Crippen molar-refractivity contribution in [2.45, 2.75) is 59.9 Å². The maximum atomic E-state index is 12.9. The highest BCUT2D eigenvalue weighted by atomic mass is 35.5. The number of hydrogen-bond donors (Lipinski definition) is 1. The van der Waals surface area contributed by atoms with Gasteiger partial charge in [-0.25, -0.2) is 19.6 Å². The first kappa shape index (κ1) is 27.0. The van der Waals surface area contributed by atoms with Gasteiger partial charge >= 0.3 is 6.09 Å². The molecule has 3 heterocycles. The van der Waals surface area contributed by atoms with Crippen LogP contribution in [0.2, 0.25) is 5.02 Å². The third kappa shape index (κ3) is 6.08. The quantitative estimate of drug-likeness (QED) is 0.475. The van der Waals surface area contributed by atoms with Crippen molar-refractivity contribution >= 4 is 34.9 Å². The summed E-state index contributed by atoms with van der Waals surface area (Å²) in [6.07, 6.45) is 0.761. The second kappa shape index (κ2) is 10.7. The largest absolute Gasteiger partial charge is 0.473 e. The number of piperidine rings is 1. The molecule has 2 aliphatic heterocycles. The lowest BCUT2D eigenvalue weighted by atomic mass is 9.77. The van der Waals surface area contributed by atoms with Crippen LogP contribution in [0.15, 0.2) is 24.5 Å². The van der Waals surface area contributed by atoms with Crippen molar-refractivity contribution in [3.8, 4) is 5.88 Å². The number of rotatable bonds is 5. The SMILES string of the molecule is [C-]#[N+]c1ccc(Nc2ncnc(OC3C4CN(C(=O)OCC(C)(C)C)CC3C(C)OC4C)c2C)c(Cl)c1. The van der Waals surface area contributed by atoms with Crippen molar-refractivity contribution in [2.24, 2.45) is 17.3 Å². The Kier molecular flexibility index (Phi) is 7.81. The number of anilines is 2. The monoisotopic (exact) mass is 527 g/mol. The van der Waals surface area contributed by atoms with E-state index in [4.69, 9.17) is 32.4 Å². The zero-order valence-electron chi connectivity index (χ0n) is 22.1. The summed E-state index contributed by atoms with van der Waals surface area (Å²) in [6.45, 7) is 20.5. The van der Waals surface area contributed by atoms with E-state index >= 15 is 0 Å². The Morgan fingerprint density at radius 2 is 1.92 bits per heavy atom. The van der Waals surface area contributed by atoms with Crippen LogP contribution in [0.5, 0.6) is 5.88 Å². The Morgan fingerprint density at radius 3 is 2.51 bits per heavy atom. The molecule has 2 bridgehead atoms. The third-order valence-electron chi connectivity index (χ3n) is 6.85. The predicted octanol–water partition coefficient (Wildman–Crippen LogP) is 6.02. The number of amides is 1. The van der Waals surface area contributed by atoms with Gasteiger partial charge in [-0.05, 0) is 38.3 Å². The van der Waals surface area contributed by atoms with Gasteiger partial charge in [-0.3, -0.25) is 0 Å². The molecular formula is C27H34ClN5O4. The molecule has 198 valence electrons. The third-order valence-corrected chi connectivity index (χ3v) is 7.16. The Hall–Kier alpha value is -3.09. The van der Waals surface area contributed by atoms with Gasteiger partial charge in [-0.15, -0.1) is 0 Å². The van der Waals surface area contributed by atoms with Gasteiger partial charge in [-0.1, -0.05) is 38.4 Å². The molecule has 1 N–H and O–H groups in total. The number of ether oxygens (including phenoxy) is 3. The van der Waals surface area contributed by atoms with Gasteiger partial charge in [0.05, 0.1) is 41.7 Å². The zero-order valence-corrected chi connectivity index (χ0v) is 22.9. The number of fused-ring (bicyclic) bond motifs is 2. The van der Waals surface area contributed by atoms with E-state index in [1.54, 1.807) is 23.1 Å². The van der Waals surface area contributed by atoms with Gasteiger partial charge < -0.3 is 24.4 Å². The first-order valence-electron chi connectivity index (χ1n) is 12.5. The van der Waals surface area contributed by atoms with Crippen LogP contribution >= 0.6 is 11.6 Å². The van der Waals surface area contributed by atoms with Crippen LogP contribution in [0.1, 0.15) is 40.2 Å². The number of carbonyl (C=O) groups excluding carboxylic acids is 1. The van der Waals surface area contributed by atoms with E-state index in [0.29, 0.717) is 47.8 Å². The van der Waals surface area contributed by atoms with Crippen molar-refractivity contribution in [1.82, 2.24) is 14.9 Å². The Morgan fingerprint density at radius 1 is 1.24 bits per heavy atom. The van der Waals surface area contributed by atoms with Crippen molar-refractivity contribution in [2.75, 3.05) is 25.0 Å². The summed E-state index contributed by atoms with van der Waals surface area (Å²) < 4.78 is 18.3. The second-order valence-electron chi connectivity index (χ2n) is 11.0. The number of nitrogens with one attached hydrogen (secondary N) is 1. The maximum absolute atomic E-state index is 12.9. The van der Waals surface area contributed by atoms with Crippen LogP contribution in [0, 0.1) is 30.7 Å². The fraction of sp³-hybridized carbons (Fsp3) is 0.556. The summed E-state index contributed by atoms with van der Waals surface area (Å²) in [4.78, 5) is 26.8. The van der Waals surface area contributed by atoms with Crippen LogP contribution in [-0.2, 0) is 9.47 Å². The van der Waals surface area contributed by atoms with Gasteiger partial charge in [0, 0.05) is 24.9 Å². The molecule has 0 aliphatic carbocycles. The zero-order chi connectivity index (χ0) is 26.9. The van der Waals surface area contributed by atoms with Crippen molar-refractivity contribution in [3.05, 3.63) is 46.5 Å². The Bertz CT molecular complexity index is 1180. The molecule has 0 spiro atoms. The maximum Gasteiger partial charge on any atom is 0.409 e. The minimum absolute atomic E-state index is 0.0430. The van der Waals surface area contributed by atoms with Gasteiger partial charge in [0.2, 0.25) is 5.88 Å². The summed E-state index contributed by atoms with van der Waals surface area (Å²) in [5.74, 6) is 0.946. The molecule has 0 saturated carbocycles. The summed E-state index contributed by atoms with van der Waals surface area (Å²) in [5, 5.41) is 3.65. The lowest BCUT2D eigenvalue weighted by molar-refractivity contribution is -0.180. The molecule has 2 fully saturated rings. The summed E-state index contributed by atoms with van der Waals surface area (Å²) in [7, 11) is 0. The molecule has 10 heteroatoms. The lowest BCUT2D eigenvalue weighted by Gasteiger charge is -2.51. The number of benzene rings is 1. The Labute approximate surface area is 223 Å². The molecule has 4 atom stereocenters. The van der Waals surface area contributed by atoms with Crippen LogP contribution in [0.25, 0.3) is 4.85 Å². The number of nitrogens with zero attached hydrogens (tertiary/aromatic N) is 4. The molecule has 2 saturated heterocycles. The van der Waals surface area contributed by atoms with E-state index in [1.807, 2.05) is 41.5 Å². The van der Waals surface area contributed by atoms with E-state index < -0.39 is 0 Å². The average Bonchev–Trinajstić information content (AvgIpc) is 2.84. The minimum Gasteiger partial charge on any atom is -0.473 e. The highest BCUT2D eigenvalue weighted by molar-refractivity contribution is 6.33. The smallest absolute Gasteiger partial charge is 0.409 e. The predicted molar refractivity (Wildman–Crippen MR) is 142 cm³/mol. The first-order chi connectivity index (χ1) is 17.5. The molecule has 0 radical (unpaired) electrons. The number of halogens is 1. The van der Waals surface area contributed by atoms with Crippen LogP contribution in [0.4, 0.5) is 22.0 Å². The van der Waals surface area contributed by atoms with Crippen LogP contribution in [-0.4, -0.2) is 59.0 Å². The highest BCUT2D eigenvalue weighted by Gasteiger charge is 2.50. The Balaban J connectivity index is 1.53. The molecule has 4 rings (SSSR count). The minimum atomic E-state index is -0.296. The highest BCUT2D eigenvalue weighted by Crippen LogP contribution is 2.39. The molecular weight excluding hydrogens is 494 g/mol. The first-order valence-corrected chi connectivity index (χ1v) is 12.8. The fourth-order valence-corrected chi connectivity index (χ4v) is 5.01. The van der Waals surface area contributed by atoms with Crippen molar-refractivity contribution < 1.29 is 19.0 Å². The number of hydrogen-bond acceptors (Lipinski definition) is 7. The van der Waals surface area contributed by atoms with Crippen molar-refractivity contribution in [1.29, 1.82) is 0 Å². The number of likely N-dealkylation sites (tertiary alicyclic amines) is 1. The molecule has 4 unspecified atom stereocenters. The van der Waals surface area contributed by atoms with Gasteiger partial charge in [0.25, 0.3) is 0 Å². The van der Waals surface area contributed by atoms with E-state index in [1.165, 1.54) is 6.33 Å². The molecule has 1 aromatic heterocycles. The molecule has 1 aromatic carbocycles. The fourth-order valence-electron chi connectivity index (χ4n) is 4.78. The summed E-state index contributed by atoms with van der Waals surface area (Å²) in [5.41, 5.74) is 1.73. The van der Waals surface area contributed by atoms with Crippen molar-refractivity contribution in [3.63, 3.8) is 0 Å². The van der Waals surface area contributed by atoms with Crippen LogP contribution < -0.4 is 10.1 Å². The van der Waals surface area contributed by atoms with E-state index in [0.717, 1.165) is 5.56 Å². The molecule has 1 amide bonds. The molecule has 2 aromatic rings. The normalized spacial score (nSPS) is 25.2. The summed E-state index contributed by atoms with van der Waals surface area (Å²) in [6, 6.07) is 5.05. The average molecular weight is 528 g/mol. The topological polar surface area (TPSA) is 90.2 Å². The molecule has 37 heavy (non-hydrogen) atoms. The van der Waals surface area contributed by atoms with E-state index in [2.05, 4.69) is 20.1 Å². The molecule has 9 nitrogen and oxygen atoms in total. The summed E-state index contributed by atoms with van der Waals surface area (Å²) >= 11 is 6.35. The van der Waals surface area contributed by atoms with E-state index in [9.17, 15) is 4.79 Å². The molecule has 2 aliphatic rings. The second-order valence-corrected chi connectivity index (χ2v) is 11.4. The standard InChI is InChI=1S/C27H34ClN5O4/c1-15-24(32-22-9-8-18(29-7)10-21(22)28)30-14-31-25(15)37-23-19-11-33(26(34)35-13-27(4,5)6)12-20(23)17(3)36-16(19)2/h8-10,14,16-17,19-20,23H,11-13H2,1-6H3,(H,30,31,32). The van der Waals surface area contributed by atoms with Gasteiger partial charge in [0.1, 0.15) is 18.2 Å². The van der Waals surface area contributed by atoms with Crippen LogP contribution in [0.3, 0.4) is 0 Å². The number of carbonyl (C=O) groups is 1. The van der Waals surface area contributed by atoms with Gasteiger partial charge in [-0.2, -0.15) is 0 Å². The van der Waals surface area contributed by atoms with Gasteiger partial charge in [0.15, 0.2) is 5.69 Å². The van der Waals surface area contributed by atoms with E-state index in [-0.39, 0.29) is 41.7 Å². The lowest BCUT2D eigenvalue weighted by Crippen LogP contribution is -2.63. The number of aromatic nitrogens is 2.